The largest absolute Gasteiger partial charge is 0.496 e. The number of rotatable bonds is 4. The van der Waals surface area contributed by atoms with E-state index in [2.05, 4.69) is 0 Å². The molecule has 0 aliphatic heterocycles. The van der Waals surface area contributed by atoms with Crippen molar-refractivity contribution in [2.45, 2.75) is 6.92 Å². The summed E-state index contributed by atoms with van der Waals surface area (Å²) in [5.41, 5.74) is 1.64. The molecule has 0 aliphatic carbocycles. The minimum absolute atomic E-state index is 0.0470. The van der Waals surface area contributed by atoms with Gasteiger partial charge >= 0.3 is 0 Å². The van der Waals surface area contributed by atoms with E-state index >= 15 is 0 Å². The van der Waals surface area contributed by atoms with Crippen LogP contribution in [0.3, 0.4) is 0 Å². The minimum Gasteiger partial charge on any atom is -0.496 e. The predicted molar refractivity (Wildman–Crippen MR) is 64.9 cm³/mol. The van der Waals surface area contributed by atoms with Gasteiger partial charge < -0.3 is 9.64 Å². The quantitative estimate of drug-likeness (QED) is 0.574. The lowest BCUT2D eigenvalue weighted by Gasteiger charge is -2.07. The maximum absolute atomic E-state index is 11.9. The highest BCUT2D eigenvalue weighted by Crippen LogP contribution is 2.20. The molecule has 0 saturated heterocycles. The molecule has 1 aromatic rings. The number of aryl methyl sites for hydroxylation is 1. The molecular formula is C13H17NO2. The summed E-state index contributed by atoms with van der Waals surface area (Å²) in [7, 11) is 5.31. The third kappa shape index (κ3) is 3.12. The Balaban J connectivity index is 3.02. The average Bonchev–Trinajstić information content (AvgIpc) is 2.25. The highest BCUT2D eigenvalue weighted by atomic mass is 16.5. The van der Waals surface area contributed by atoms with Gasteiger partial charge in [-0.05, 0) is 19.1 Å². The molecule has 3 heteroatoms. The van der Waals surface area contributed by atoms with Crippen molar-refractivity contribution in [1.82, 2.24) is 4.90 Å². The van der Waals surface area contributed by atoms with E-state index in [0.717, 1.165) is 5.56 Å². The molecule has 0 atom stereocenters. The summed E-state index contributed by atoms with van der Waals surface area (Å²) in [6.45, 7) is 1.95. The van der Waals surface area contributed by atoms with Crippen LogP contribution in [0.4, 0.5) is 0 Å². The molecular weight excluding hydrogens is 202 g/mol. The Morgan fingerprint density at radius 1 is 1.38 bits per heavy atom. The Hall–Kier alpha value is -1.77. The number of allylic oxidation sites excluding steroid dienone is 1. The second-order valence-electron chi connectivity index (χ2n) is 3.85. The zero-order valence-corrected chi connectivity index (χ0v) is 10.2. The van der Waals surface area contributed by atoms with Gasteiger partial charge in [-0.1, -0.05) is 11.6 Å². The van der Waals surface area contributed by atoms with E-state index in [9.17, 15) is 4.79 Å². The van der Waals surface area contributed by atoms with Crippen molar-refractivity contribution in [3.8, 4) is 5.75 Å². The van der Waals surface area contributed by atoms with Gasteiger partial charge in [-0.15, -0.1) is 0 Å². The summed E-state index contributed by atoms with van der Waals surface area (Å²) in [5, 5.41) is 0. The summed E-state index contributed by atoms with van der Waals surface area (Å²) in [6, 6.07) is 5.57. The lowest BCUT2D eigenvalue weighted by Crippen LogP contribution is -2.04. The molecule has 0 aromatic heterocycles. The van der Waals surface area contributed by atoms with Gasteiger partial charge in [0.1, 0.15) is 5.75 Å². The van der Waals surface area contributed by atoms with Gasteiger partial charge in [0.2, 0.25) is 0 Å². The molecule has 0 bridgehead atoms. The first-order valence-corrected chi connectivity index (χ1v) is 5.08. The SMILES string of the molecule is COc1ccc(C)cc1C(=O)C=CN(C)C. The molecule has 0 unspecified atom stereocenters. The normalized spacial score (nSPS) is 10.5. The fourth-order valence-electron chi connectivity index (χ4n) is 1.32. The molecule has 0 spiro atoms. The van der Waals surface area contributed by atoms with Gasteiger partial charge in [0, 0.05) is 26.4 Å². The molecule has 0 aliphatic rings. The van der Waals surface area contributed by atoms with Crippen LogP contribution < -0.4 is 4.74 Å². The third-order valence-electron chi connectivity index (χ3n) is 2.14. The third-order valence-corrected chi connectivity index (χ3v) is 2.14. The Morgan fingerprint density at radius 2 is 2.06 bits per heavy atom. The minimum atomic E-state index is -0.0470. The Morgan fingerprint density at radius 3 is 2.62 bits per heavy atom. The zero-order valence-electron chi connectivity index (χ0n) is 10.2. The number of hydrogen-bond acceptors (Lipinski definition) is 3. The van der Waals surface area contributed by atoms with Gasteiger partial charge in [-0.2, -0.15) is 0 Å². The second kappa shape index (κ2) is 5.35. The van der Waals surface area contributed by atoms with E-state index in [-0.39, 0.29) is 5.78 Å². The molecule has 86 valence electrons. The highest BCUT2D eigenvalue weighted by molar-refractivity contribution is 6.06. The molecule has 0 N–H and O–H groups in total. The molecule has 16 heavy (non-hydrogen) atoms. The number of nitrogens with zero attached hydrogens (tertiary/aromatic N) is 1. The van der Waals surface area contributed by atoms with Crippen molar-refractivity contribution in [3.05, 3.63) is 41.6 Å². The summed E-state index contributed by atoms with van der Waals surface area (Å²) < 4.78 is 5.16. The molecule has 0 radical (unpaired) electrons. The summed E-state index contributed by atoms with van der Waals surface area (Å²) in [4.78, 5) is 13.7. The van der Waals surface area contributed by atoms with Crippen molar-refractivity contribution >= 4 is 5.78 Å². The van der Waals surface area contributed by atoms with Crippen molar-refractivity contribution in [3.63, 3.8) is 0 Å². The van der Waals surface area contributed by atoms with E-state index in [1.54, 1.807) is 13.3 Å². The number of ether oxygens (including phenoxy) is 1. The number of methoxy groups -OCH3 is 1. The summed E-state index contributed by atoms with van der Waals surface area (Å²) >= 11 is 0. The van der Waals surface area contributed by atoms with Crippen molar-refractivity contribution in [2.24, 2.45) is 0 Å². The first kappa shape index (κ1) is 12.3. The van der Waals surface area contributed by atoms with E-state index < -0.39 is 0 Å². The van der Waals surface area contributed by atoms with Crippen LogP contribution in [-0.2, 0) is 0 Å². The lowest BCUT2D eigenvalue weighted by atomic mass is 10.1. The number of ketones is 1. The lowest BCUT2D eigenvalue weighted by molar-refractivity contribution is 0.104. The van der Waals surface area contributed by atoms with E-state index in [1.165, 1.54) is 6.08 Å². The van der Waals surface area contributed by atoms with Crippen LogP contribution >= 0.6 is 0 Å². The number of benzene rings is 1. The summed E-state index contributed by atoms with van der Waals surface area (Å²) in [5.74, 6) is 0.563. The van der Waals surface area contributed by atoms with E-state index in [4.69, 9.17) is 4.74 Å². The fraction of sp³-hybridized carbons (Fsp3) is 0.308. The van der Waals surface area contributed by atoms with Crippen molar-refractivity contribution in [2.75, 3.05) is 21.2 Å². The Labute approximate surface area is 96.3 Å². The predicted octanol–water partition coefficient (Wildman–Crippen LogP) is 2.26. The molecule has 1 aromatic carbocycles. The maximum atomic E-state index is 11.9. The van der Waals surface area contributed by atoms with Crippen molar-refractivity contribution in [1.29, 1.82) is 0 Å². The topological polar surface area (TPSA) is 29.5 Å². The van der Waals surface area contributed by atoms with Gasteiger partial charge in [-0.3, -0.25) is 4.79 Å². The summed E-state index contributed by atoms with van der Waals surface area (Å²) in [6.07, 6.45) is 3.27. The van der Waals surface area contributed by atoms with Crippen LogP contribution in [0.2, 0.25) is 0 Å². The Bertz CT molecular complexity index is 408. The Kier molecular flexibility index (Phi) is 4.11. The molecule has 0 fully saturated rings. The molecule has 0 saturated carbocycles. The van der Waals surface area contributed by atoms with Crippen LogP contribution in [0.25, 0.3) is 0 Å². The molecule has 1 rings (SSSR count). The van der Waals surface area contributed by atoms with Gasteiger partial charge in [0.25, 0.3) is 0 Å². The standard InChI is InChI=1S/C13H17NO2/c1-10-5-6-13(16-4)11(9-10)12(15)7-8-14(2)3/h5-9H,1-4H3. The molecule has 0 amide bonds. The number of carbonyl (C=O) groups is 1. The first-order valence-electron chi connectivity index (χ1n) is 5.08. The van der Waals surface area contributed by atoms with E-state index in [1.807, 2.05) is 44.1 Å². The fourth-order valence-corrected chi connectivity index (χ4v) is 1.32. The average molecular weight is 219 g/mol. The maximum Gasteiger partial charge on any atom is 0.191 e. The van der Waals surface area contributed by atoms with Crippen LogP contribution in [0.5, 0.6) is 5.75 Å². The highest BCUT2D eigenvalue weighted by Gasteiger charge is 2.09. The van der Waals surface area contributed by atoms with E-state index in [0.29, 0.717) is 11.3 Å². The molecule has 3 nitrogen and oxygen atoms in total. The van der Waals surface area contributed by atoms with Gasteiger partial charge in [0.15, 0.2) is 5.78 Å². The van der Waals surface area contributed by atoms with Crippen molar-refractivity contribution < 1.29 is 9.53 Å². The first-order chi connectivity index (χ1) is 7.54. The van der Waals surface area contributed by atoms with Crippen LogP contribution in [0.15, 0.2) is 30.5 Å². The van der Waals surface area contributed by atoms with Gasteiger partial charge in [0.05, 0.1) is 12.7 Å². The van der Waals surface area contributed by atoms with Crippen LogP contribution in [0, 0.1) is 6.92 Å². The number of hydrogen-bond donors (Lipinski definition) is 0. The second-order valence-corrected chi connectivity index (χ2v) is 3.85. The van der Waals surface area contributed by atoms with Crippen LogP contribution in [0.1, 0.15) is 15.9 Å². The monoisotopic (exact) mass is 219 g/mol. The van der Waals surface area contributed by atoms with Gasteiger partial charge in [-0.25, -0.2) is 0 Å². The zero-order chi connectivity index (χ0) is 12.1. The number of carbonyl (C=O) groups excluding carboxylic acids is 1. The smallest absolute Gasteiger partial charge is 0.191 e. The van der Waals surface area contributed by atoms with Crippen LogP contribution in [-0.4, -0.2) is 31.9 Å². The molecule has 0 heterocycles.